The number of allylic oxidation sites excluding steroid dienone is 7. The first kappa shape index (κ1) is 73.5. The predicted molar refractivity (Wildman–Crippen MR) is 327 cm³/mol. The maximum absolute atomic E-state index is 13.0. The van der Waals surface area contributed by atoms with Crippen molar-refractivity contribution in [3.8, 4) is 0 Å². The zero-order chi connectivity index (χ0) is 54.9. The van der Waals surface area contributed by atoms with Crippen LogP contribution in [0.1, 0.15) is 316 Å². The highest BCUT2D eigenvalue weighted by molar-refractivity contribution is 7.47. The van der Waals surface area contributed by atoms with E-state index in [1.165, 1.54) is 250 Å². The molecule has 0 saturated heterocycles. The van der Waals surface area contributed by atoms with E-state index in [-0.39, 0.29) is 19.1 Å². The van der Waals surface area contributed by atoms with Crippen molar-refractivity contribution < 1.29 is 32.9 Å². The van der Waals surface area contributed by atoms with E-state index in [0.717, 1.165) is 44.9 Å². The lowest BCUT2D eigenvalue weighted by Gasteiger charge is -2.25. The summed E-state index contributed by atoms with van der Waals surface area (Å²) in [4.78, 5) is 23.3. The number of nitrogens with one attached hydrogen (secondary N) is 1. The number of aliphatic hydroxyl groups is 1. The highest BCUT2D eigenvalue weighted by Crippen LogP contribution is 2.43. The fourth-order valence-electron chi connectivity index (χ4n) is 9.68. The van der Waals surface area contributed by atoms with E-state index in [1.807, 2.05) is 27.2 Å². The minimum atomic E-state index is -4.36. The van der Waals surface area contributed by atoms with E-state index in [4.69, 9.17) is 9.05 Å². The molecule has 1 amide bonds. The summed E-state index contributed by atoms with van der Waals surface area (Å²) in [6.45, 7) is 4.83. The number of carbonyl (C=O) groups is 1. The largest absolute Gasteiger partial charge is 0.472 e. The highest BCUT2D eigenvalue weighted by Gasteiger charge is 2.27. The molecule has 0 radical (unpaired) electrons. The van der Waals surface area contributed by atoms with Gasteiger partial charge < -0.3 is 19.8 Å². The Hall–Kier alpha value is -1.54. The van der Waals surface area contributed by atoms with Gasteiger partial charge in [0.15, 0.2) is 0 Å². The van der Waals surface area contributed by atoms with Gasteiger partial charge in [-0.3, -0.25) is 13.8 Å². The first-order chi connectivity index (χ1) is 36.5. The number of rotatable bonds is 60. The van der Waals surface area contributed by atoms with Gasteiger partial charge in [0.2, 0.25) is 5.91 Å². The lowest BCUT2D eigenvalue weighted by atomic mass is 10.0. The third-order valence-electron chi connectivity index (χ3n) is 14.8. The Bertz CT molecular complexity index is 1360. The van der Waals surface area contributed by atoms with Crippen LogP contribution in [0.5, 0.6) is 0 Å². The SMILES string of the molecule is CCCCCCCCCCCC/C=C/CC/C=C/C(O)C(COP(=O)(O)OCC[N+](C)(C)C)NC(=O)CCCCCCCCCCCCCCCCCCC/C=C\C/C=C\CCCCCCCCCCCCCCC. The van der Waals surface area contributed by atoms with E-state index < -0.39 is 20.0 Å². The Morgan fingerprint density at radius 1 is 0.453 bits per heavy atom. The van der Waals surface area contributed by atoms with Gasteiger partial charge in [-0.15, -0.1) is 0 Å². The van der Waals surface area contributed by atoms with Gasteiger partial charge in [-0.1, -0.05) is 294 Å². The number of aliphatic hydroxyl groups excluding tert-OH is 1. The maximum atomic E-state index is 13.0. The molecule has 0 aliphatic heterocycles. The topological polar surface area (TPSA) is 105 Å². The molecule has 0 spiro atoms. The molecule has 0 fully saturated rings. The number of amides is 1. The molecule has 0 bridgehead atoms. The Morgan fingerprint density at radius 2 is 0.773 bits per heavy atom. The average molecular weight is 1080 g/mol. The van der Waals surface area contributed by atoms with Gasteiger partial charge in [0, 0.05) is 6.42 Å². The molecule has 3 atom stereocenters. The molecule has 0 aromatic rings. The van der Waals surface area contributed by atoms with Crippen molar-refractivity contribution >= 4 is 13.7 Å². The normalized spacial score (nSPS) is 14.1. The van der Waals surface area contributed by atoms with Crippen LogP contribution < -0.4 is 5.32 Å². The van der Waals surface area contributed by atoms with Gasteiger partial charge in [-0.25, -0.2) is 4.57 Å². The maximum Gasteiger partial charge on any atom is 0.472 e. The summed E-state index contributed by atoms with van der Waals surface area (Å²) in [6, 6.07) is -0.863. The van der Waals surface area contributed by atoms with Gasteiger partial charge in [-0.05, 0) is 64.2 Å². The van der Waals surface area contributed by atoms with Crippen LogP contribution in [0.2, 0.25) is 0 Å². The molecule has 0 aromatic carbocycles. The summed E-state index contributed by atoms with van der Waals surface area (Å²) in [7, 11) is 1.56. The van der Waals surface area contributed by atoms with Crippen LogP contribution in [0.15, 0.2) is 48.6 Å². The van der Waals surface area contributed by atoms with Crippen molar-refractivity contribution in [3.63, 3.8) is 0 Å². The van der Waals surface area contributed by atoms with E-state index in [2.05, 4.69) is 55.6 Å². The number of hydrogen-bond donors (Lipinski definition) is 3. The van der Waals surface area contributed by atoms with Crippen molar-refractivity contribution in [1.29, 1.82) is 0 Å². The second-order valence-electron chi connectivity index (χ2n) is 23.5. The Balaban J connectivity index is 3.99. The molecule has 0 heterocycles. The average Bonchev–Trinajstić information content (AvgIpc) is 3.37. The fourth-order valence-corrected chi connectivity index (χ4v) is 10.4. The molecule has 0 saturated carbocycles. The molecule has 3 unspecified atom stereocenters. The molecule has 3 N–H and O–H groups in total. The predicted octanol–water partition coefficient (Wildman–Crippen LogP) is 20.3. The molecule has 0 aromatic heterocycles. The van der Waals surface area contributed by atoms with Gasteiger partial charge in [-0.2, -0.15) is 0 Å². The number of phosphoric acid groups is 1. The Labute approximate surface area is 467 Å². The van der Waals surface area contributed by atoms with Crippen molar-refractivity contribution in [1.82, 2.24) is 5.32 Å². The third kappa shape index (κ3) is 60.0. The second kappa shape index (κ2) is 57.2. The van der Waals surface area contributed by atoms with Gasteiger partial charge in [0.05, 0.1) is 39.9 Å². The summed E-state index contributed by atoms with van der Waals surface area (Å²) in [5.74, 6) is -0.183. The van der Waals surface area contributed by atoms with Crippen LogP contribution in [-0.4, -0.2) is 73.4 Å². The van der Waals surface area contributed by atoms with Gasteiger partial charge >= 0.3 is 7.82 Å². The lowest BCUT2D eigenvalue weighted by molar-refractivity contribution is -0.870. The Morgan fingerprint density at radius 3 is 1.15 bits per heavy atom. The van der Waals surface area contributed by atoms with Crippen LogP contribution in [0.3, 0.4) is 0 Å². The van der Waals surface area contributed by atoms with Crippen LogP contribution in [0.4, 0.5) is 0 Å². The molecular formula is C66H128N2O6P+. The van der Waals surface area contributed by atoms with Crippen molar-refractivity contribution in [3.05, 3.63) is 48.6 Å². The molecule has 9 heteroatoms. The Kier molecular flexibility index (Phi) is 56.0. The van der Waals surface area contributed by atoms with Crippen LogP contribution in [0.25, 0.3) is 0 Å². The lowest BCUT2D eigenvalue weighted by Crippen LogP contribution is -2.45. The molecule has 75 heavy (non-hydrogen) atoms. The monoisotopic (exact) mass is 1080 g/mol. The molecule has 0 rings (SSSR count). The second-order valence-corrected chi connectivity index (χ2v) is 24.9. The van der Waals surface area contributed by atoms with Crippen molar-refractivity contribution in [2.45, 2.75) is 328 Å². The minimum Gasteiger partial charge on any atom is -0.387 e. The van der Waals surface area contributed by atoms with Crippen molar-refractivity contribution in [2.24, 2.45) is 0 Å². The number of quaternary nitrogens is 1. The highest BCUT2D eigenvalue weighted by atomic mass is 31.2. The summed E-state index contributed by atoms with van der Waals surface area (Å²) < 4.78 is 23.7. The summed E-state index contributed by atoms with van der Waals surface area (Å²) in [6.07, 6.45) is 76.9. The smallest absolute Gasteiger partial charge is 0.387 e. The van der Waals surface area contributed by atoms with E-state index in [9.17, 15) is 19.4 Å². The zero-order valence-corrected chi connectivity index (χ0v) is 51.4. The zero-order valence-electron chi connectivity index (χ0n) is 50.6. The molecule has 0 aliphatic carbocycles. The quantitative estimate of drug-likeness (QED) is 0.0243. The summed E-state index contributed by atoms with van der Waals surface area (Å²) in [5.41, 5.74) is 0. The van der Waals surface area contributed by atoms with Gasteiger partial charge in [0.25, 0.3) is 0 Å². The number of likely N-dealkylation sites (N-methyl/N-ethyl adjacent to an activating group) is 1. The van der Waals surface area contributed by atoms with E-state index in [0.29, 0.717) is 17.4 Å². The molecule has 0 aliphatic rings. The minimum absolute atomic E-state index is 0.0565. The summed E-state index contributed by atoms with van der Waals surface area (Å²) >= 11 is 0. The number of hydrogen-bond acceptors (Lipinski definition) is 5. The standard InChI is InChI=1S/C66H127N2O6P/c1-6-8-10-12-14-16-18-20-22-24-25-26-27-28-29-30-31-32-33-34-35-36-37-38-39-40-41-42-43-44-46-48-50-52-54-56-58-60-66(70)67-64(63-74-75(71,72)73-62-61-68(3,4)5)65(69)59-57-55-53-51-49-47-45-23-21-19-17-15-13-11-9-7-2/h29-30,32-33,49,51,57,59,64-65,69H,6-28,31,34-48,50,52-56,58,60-63H2,1-5H3,(H-,67,70,71,72)/p+1/b30-29-,33-32-,51-49+,59-57+. The van der Waals surface area contributed by atoms with E-state index in [1.54, 1.807) is 6.08 Å². The molecule has 442 valence electrons. The van der Waals surface area contributed by atoms with E-state index >= 15 is 0 Å². The number of nitrogens with zero attached hydrogens (tertiary/aromatic N) is 1. The number of carbonyl (C=O) groups excluding carboxylic acids is 1. The number of phosphoric ester groups is 1. The van der Waals surface area contributed by atoms with Crippen molar-refractivity contribution in [2.75, 3.05) is 40.9 Å². The molecule has 8 nitrogen and oxygen atoms in total. The third-order valence-corrected chi connectivity index (χ3v) is 15.8. The first-order valence-corrected chi connectivity index (χ1v) is 34.0. The fraction of sp³-hybridized carbons (Fsp3) is 0.864. The molecular weight excluding hydrogens is 948 g/mol. The van der Waals surface area contributed by atoms with Gasteiger partial charge in [0.1, 0.15) is 13.2 Å². The first-order valence-electron chi connectivity index (χ1n) is 32.5. The van der Waals surface area contributed by atoms with Crippen LogP contribution >= 0.6 is 7.82 Å². The van der Waals surface area contributed by atoms with Crippen LogP contribution in [-0.2, 0) is 18.4 Å². The number of unbranched alkanes of at least 4 members (excludes halogenated alkanes) is 41. The van der Waals surface area contributed by atoms with Crippen LogP contribution in [0, 0.1) is 0 Å². The summed E-state index contributed by atoms with van der Waals surface area (Å²) in [5, 5.41) is 13.9.